The highest BCUT2D eigenvalue weighted by molar-refractivity contribution is 14.0. The van der Waals surface area contributed by atoms with E-state index in [1.165, 1.54) is 0 Å². The fourth-order valence-electron chi connectivity index (χ4n) is 1.23. The number of terminal acetylenes is 1. The first-order valence-electron chi connectivity index (χ1n) is 5.24. The molecule has 0 atom stereocenters. The van der Waals surface area contributed by atoms with Crippen LogP contribution in [0.15, 0.2) is 23.3 Å². The average molecular weight is 379 g/mol. The Bertz CT molecular complexity index is 411. The van der Waals surface area contributed by atoms with Crippen molar-refractivity contribution in [2.24, 2.45) is 4.99 Å². The zero-order chi connectivity index (χ0) is 12.5. The fraction of sp³-hybridized carbons (Fsp3) is 0.333. The lowest BCUT2D eigenvalue weighted by Crippen LogP contribution is -2.38. The van der Waals surface area contributed by atoms with Crippen LogP contribution in [0.5, 0.6) is 0 Å². The predicted octanol–water partition coefficient (Wildman–Crippen LogP) is 1.69. The van der Waals surface area contributed by atoms with Crippen LogP contribution in [0, 0.1) is 12.3 Å². The van der Waals surface area contributed by atoms with Gasteiger partial charge in [-0.3, -0.25) is 4.99 Å². The number of aliphatic imine (C=N–C) groups is 1. The monoisotopic (exact) mass is 378 g/mol. The van der Waals surface area contributed by atoms with E-state index in [4.69, 9.17) is 18.0 Å². The highest BCUT2D eigenvalue weighted by Crippen LogP contribution is 2.05. The molecule has 4 nitrogen and oxygen atoms in total. The summed E-state index contributed by atoms with van der Waals surface area (Å²) in [6, 6.07) is 3.73. The third-order valence-electron chi connectivity index (χ3n) is 2.08. The molecule has 0 aromatic carbocycles. The van der Waals surface area contributed by atoms with Gasteiger partial charge in [0.15, 0.2) is 5.96 Å². The van der Waals surface area contributed by atoms with E-state index < -0.39 is 0 Å². The Morgan fingerprint density at radius 2 is 2.28 bits per heavy atom. The van der Waals surface area contributed by atoms with Crippen molar-refractivity contribution in [1.82, 2.24) is 15.6 Å². The highest BCUT2D eigenvalue weighted by Gasteiger charge is 1.97. The molecule has 98 valence electrons. The largest absolute Gasteiger partial charge is 0.356 e. The number of pyridine rings is 1. The summed E-state index contributed by atoms with van der Waals surface area (Å²) in [6.07, 6.45) is 7.76. The van der Waals surface area contributed by atoms with Crippen molar-refractivity contribution in [3.63, 3.8) is 0 Å². The first-order chi connectivity index (χ1) is 8.26. The molecule has 0 saturated heterocycles. The minimum absolute atomic E-state index is 0. The molecule has 0 radical (unpaired) electrons. The SMILES string of the molecule is C#CCNC(=NC)NCCc1ccc(Cl)nc1.I. The maximum absolute atomic E-state index is 5.70. The molecule has 0 aliphatic rings. The first-order valence-corrected chi connectivity index (χ1v) is 5.62. The quantitative estimate of drug-likeness (QED) is 0.276. The van der Waals surface area contributed by atoms with Crippen LogP contribution < -0.4 is 10.6 Å². The van der Waals surface area contributed by atoms with Gasteiger partial charge >= 0.3 is 0 Å². The second-order valence-corrected chi connectivity index (χ2v) is 3.68. The van der Waals surface area contributed by atoms with Crippen LogP contribution in [0.4, 0.5) is 0 Å². The van der Waals surface area contributed by atoms with E-state index >= 15 is 0 Å². The van der Waals surface area contributed by atoms with Gasteiger partial charge < -0.3 is 10.6 Å². The van der Waals surface area contributed by atoms with Crippen molar-refractivity contribution < 1.29 is 0 Å². The van der Waals surface area contributed by atoms with Crippen molar-refractivity contribution >= 4 is 41.5 Å². The molecular formula is C12H16ClIN4. The number of hydrogen-bond donors (Lipinski definition) is 2. The van der Waals surface area contributed by atoms with Gasteiger partial charge in [0.05, 0.1) is 6.54 Å². The van der Waals surface area contributed by atoms with Crippen LogP contribution in [0.2, 0.25) is 5.15 Å². The number of aromatic nitrogens is 1. The lowest BCUT2D eigenvalue weighted by atomic mass is 10.2. The van der Waals surface area contributed by atoms with Crippen LogP contribution >= 0.6 is 35.6 Å². The second-order valence-electron chi connectivity index (χ2n) is 3.30. The van der Waals surface area contributed by atoms with E-state index in [2.05, 4.69) is 26.5 Å². The smallest absolute Gasteiger partial charge is 0.191 e. The van der Waals surface area contributed by atoms with E-state index in [1.807, 2.05) is 6.07 Å². The van der Waals surface area contributed by atoms with Gasteiger partial charge in [0, 0.05) is 19.8 Å². The van der Waals surface area contributed by atoms with Crippen LogP contribution in [0.1, 0.15) is 5.56 Å². The Kier molecular flexibility index (Phi) is 9.42. The van der Waals surface area contributed by atoms with Gasteiger partial charge in [0.1, 0.15) is 5.15 Å². The van der Waals surface area contributed by atoms with Crippen molar-refractivity contribution in [3.8, 4) is 12.3 Å². The Hall–Kier alpha value is -1.000. The minimum Gasteiger partial charge on any atom is -0.356 e. The number of guanidine groups is 1. The number of nitrogens with zero attached hydrogens (tertiary/aromatic N) is 2. The Labute approximate surface area is 130 Å². The summed E-state index contributed by atoms with van der Waals surface area (Å²) in [6.45, 7) is 1.22. The molecule has 2 N–H and O–H groups in total. The van der Waals surface area contributed by atoms with Gasteiger partial charge in [-0.15, -0.1) is 30.4 Å². The maximum atomic E-state index is 5.70. The van der Waals surface area contributed by atoms with Crippen molar-refractivity contribution in [2.45, 2.75) is 6.42 Å². The molecule has 0 aliphatic heterocycles. The Balaban J connectivity index is 0.00000289. The van der Waals surface area contributed by atoms with Crippen LogP contribution in [0.25, 0.3) is 0 Å². The molecule has 1 aromatic heterocycles. The molecule has 0 saturated carbocycles. The van der Waals surface area contributed by atoms with Gasteiger partial charge in [-0.25, -0.2) is 4.98 Å². The Morgan fingerprint density at radius 1 is 1.50 bits per heavy atom. The maximum Gasteiger partial charge on any atom is 0.191 e. The normalized spacial score (nSPS) is 10.2. The summed E-state index contributed by atoms with van der Waals surface area (Å²) < 4.78 is 0. The first kappa shape index (κ1) is 17.0. The lowest BCUT2D eigenvalue weighted by Gasteiger charge is -2.09. The van der Waals surface area contributed by atoms with Crippen LogP contribution in [-0.4, -0.2) is 31.1 Å². The molecule has 0 amide bonds. The van der Waals surface area contributed by atoms with Gasteiger partial charge in [0.2, 0.25) is 0 Å². The topological polar surface area (TPSA) is 49.3 Å². The molecule has 0 unspecified atom stereocenters. The lowest BCUT2D eigenvalue weighted by molar-refractivity contribution is 0.822. The zero-order valence-corrected chi connectivity index (χ0v) is 13.2. The van der Waals surface area contributed by atoms with E-state index in [0.29, 0.717) is 17.7 Å². The number of hydrogen-bond acceptors (Lipinski definition) is 2. The third kappa shape index (κ3) is 6.67. The number of halogens is 2. The van der Waals surface area contributed by atoms with E-state index in [9.17, 15) is 0 Å². The molecule has 6 heteroatoms. The van der Waals surface area contributed by atoms with Crippen LogP contribution in [0.3, 0.4) is 0 Å². The summed E-state index contributed by atoms with van der Waals surface area (Å²) in [7, 11) is 1.70. The van der Waals surface area contributed by atoms with Crippen molar-refractivity contribution in [2.75, 3.05) is 20.1 Å². The highest BCUT2D eigenvalue weighted by atomic mass is 127. The molecule has 18 heavy (non-hydrogen) atoms. The molecule has 0 fully saturated rings. The van der Waals surface area contributed by atoms with E-state index in [1.54, 1.807) is 19.3 Å². The van der Waals surface area contributed by atoms with Gasteiger partial charge in [-0.2, -0.15) is 0 Å². The number of nitrogens with one attached hydrogen (secondary N) is 2. The number of rotatable bonds is 4. The summed E-state index contributed by atoms with van der Waals surface area (Å²) in [4.78, 5) is 8.04. The predicted molar refractivity (Wildman–Crippen MR) is 86.6 cm³/mol. The van der Waals surface area contributed by atoms with E-state index in [-0.39, 0.29) is 24.0 Å². The molecule has 0 aliphatic carbocycles. The summed E-state index contributed by atoms with van der Waals surface area (Å²) >= 11 is 5.70. The van der Waals surface area contributed by atoms with Crippen molar-refractivity contribution in [3.05, 3.63) is 29.0 Å². The van der Waals surface area contributed by atoms with Crippen LogP contribution in [-0.2, 0) is 6.42 Å². The minimum atomic E-state index is 0. The molecule has 0 spiro atoms. The van der Waals surface area contributed by atoms with Gasteiger partial charge in [-0.1, -0.05) is 23.6 Å². The fourth-order valence-corrected chi connectivity index (χ4v) is 1.35. The molecule has 0 bridgehead atoms. The summed E-state index contributed by atoms with van der Waals surface area (Å²) in [5.41, 5.74) is 1.12. The van der Waals surface area contributed by atoms with E-state index in [0.717, 1.165) is 18.5 Å². The standard InChI is InChI=1S/C12H15ClN4.HI/c1-3-7-15-12(14-2)16-8-6-10-4-5-11(13)17-9-10;/h1,4-5,9H,6-8H2,2H3,(H2,14,15,16);1H. The second kappa shape index (κ2) is 9.97. The molecular weight excluding hydrogens is 363 g/mol. The summed E-state index contributed by atoms with van der Waals surface area (Å²) in [5, 5.41) is 6.64. The molecule has 1 rings (SSSR count). The van der Waals surface area contributed by atoms with Gasteiger partial charge in [0.25, 0.3) is 0 Å². The summed E-state index contributed by atoms with van der Waals surface area (Å²) in [5.74, 6) is 3.19. The van der Waals surface area contributed by atoms with Crippen molar-refractivity contribution in [1.29, 1.82) is 0 Å². The van der Waals surface area contributed by atoms with Gasteiger partial charge in [-0.05, 0) is 18.1 Å². The molecule has 1 aromatic rings. The third-order valence-corrected chi connectivity index (χ3v) is 2.30. The Morgan fingerprint density at radius 3 is 2.83 bits per heavy atom. The average Bonchev–Trinajstić information content (AvgIpc) is 2.36. The zero-order valence-electron chi connectivity index (χ0n) is 10.1. The molecule has 1 heterocycles.